The number of carbonyl (C=O) groups excluding carboxylic acids is 2. The summed E-state index contributed by atoms with van der Waals surface area (Å²) < 4.78 is 22.2. The highest BCUT2D eigenvalue weighted by atomic mass is 16.7. The Balaban J connectivity index is 2.31. The van der Waals surface area contributed by atoms with Crippen LogP contribution in [0.5, 0.6) is 0 Å². The van der Waals surface area contributed by atoms with Crippen LogP contribution in [0.4, 0.5) is 0 Å². The topological polar surface area (TPSA) is 152 Å². The van der Waals surface area contributed by atoms with Crippen LogP contribution in [0.3, 0.4) is 0 Å². The van der Waals surface area contributed by atoms with E-state index in [1.807, 2.05) is 0 Å². The van der Waals surface area contributed by atoms with Crippen LogP contribution in [0.15, 0.2) is 36.5 Å². The summed E-state index contributed by atoms with van der Waals surface area (Å²) >= 11 is 0. The molecule has 1 aliphatic rings. The molecule has 1 fully saturated rings. The maximum Gasteiger partial charge on any atom is 0.306 e. The van der Waals surface area contributed by atoms with E-state index in [-0.39, 0.29) is 32.0 Å². The molecule has 0 aromatic heterocycles. The van der Waals surface area contributed by atoms with Gasteiger partial charge in [-0.25, -0.2) is 0 Å². The smallest absolute Gasteiger partial charge is 0.306 e. The van der Waals surface area contributed by atoms with Gasteiger partial charge in [-0.3, -0.25) is 9.59 Å². The standard InChI is InChI=1S/C47H84O10/c1-3-5-7-9-11-13-15-17-19-20-22-23-25-27-29-31-33-35-42(49)54-38-40(39-55-47-46(53)45(52)44(51)41(37-48)57-47)56-43(50)36-34-32-30-28-26-24-21-18-16-14-12-10-8-6-4-2/h6,8,12,14,18,21,40-41,44-48,51-53H,3-5,7,9-11,13,15-17,19-20,22-39H2,1-2H3/b8-6-,14-12-,21-18-/t40-,41-,44+,45+,46-,47-/m1/s1. The lowest BCUT2D eigenvalue weighted by Crippen LogP contribution is -2.59. The fraction of sp³-hybridized carbons (Fsp3) is 0.830. The van der Waals surface area contributed by atoms with E-state index >= 15 is 0 Å². The van der Waals surface area contributed by atoms with Gasteiger partial charge in [0.25, 0.3) is 0 Å². The third kappa shape index (κ3) is 29.7. The minimum atomic E-state index is -1.60. The molecule has 0 saturated carbocycles. The summed E-state index contributed by atoms with van der Waals surface area (Å²) in [4.78, 5) is 25.3. The fourth-order valence-electron chi connectivity index (χ4n) is 6.91. The Morgan fingerprint density at radius 1 is 0.561 bits per heavy atom. The Morgan fingerprint density at radius 2 is 1.04 bits per heavy atom. The summed E-state index contributed by atoms with van der Waals surface area (Å²) in [6, 6.07) is 0. The molecule has 332 valence electrons. The van der Waals surface area contributed by atoms with Crippen LogP contribution in [0.25, 0.3) is 0 Å². The summed E-state index contributed by atoms with van der Waals surface area (Å²) in [6.45, 7) is 3.31. The first-order valence-electron chi connectivity index (χ1n) is 23.1. The van der Waals surface area contributed by atoms with Gasteiger partial charge in [0.05, 0.1) is 13.2 Å². The maximum atomic E-state index is 12.8. The lowest BCUT2D eigenvalue weighted by Gasteiger charge is -2.39. The van der Waals surface area contributed by atoms with Crippen LogP contribution in [-0.2, 0) is 28.5 Å². The first-order chi connectivity index (χ1) is 27.8. The number of unbranched alkanes of at least 4 members (excludes halogenated alkanes) is 21. The Bertz CT molecular complexity index is 1030. The second-order valence-corrected chi connectivity index (χ2v) is 15.8. The van der Waals surface area contributed by atoms with Gasteiger partial charge in [0, 0.05) is 12.8 Å². The first kappa shape index (κ1) is 52.9. The van der Waals surface area contributed by atoms with Crippen molar-refractivity contribution in [3.05, 3.63) is 36.5 Å². The SMILES string of the molecule is CC/C=C\C/C=C\C/C=C\CCCCCCCC(=O)O[C@H](COC(=O)CCCCCCCCCCCCCCCCCCC)CO[C@@H]1O[C@H](CO)[C@H](O)[C@H](O)[C@H]1O. The van der Waals surface area contributed by atoms with Gasteiger partial charge in [0.2, 0.25) is 0 Å². The van der Waals surface area contributed by atoms with E-state index in [9.17, 15) is 30.0 Å². The number of carbonyl (C=O) groups is 2. The van der Waals surface area contributed by atoms with Crippen LogP contribution >= 0.6 is 0 Å². The van der Waals surface area contributed by atoms with Crippen LogP contribution < -0.4 is 0 Å². The molecule has 10 heteroatoms. The molecular weight excluding hydrogens is 725 g/mol. The molecule has 1 saturated heterocycles. The van der Waals surface area contributed by atoms with Crippen molar-refractivity contribution in [1.82, 2.24) is 0 Å². The minimum Gasteiger partial charge on any atom is -0.462 e. The summed E-state index contributed by atoms with van der Waals surface area (Å²) in [5, 5.41) is 40.1. The minimum absolute atomic E-state index is 0.212. The fourth-order valence-corrected chi connectivity index (χ4v) is 6.91. The number of ether oxygens (including phenoxy) is 4. The summed E-state index contributed by atoms with van der Waals surface area (Å²) in [5.74, 6) is -0.821. The summed E-state index contributed by atoms with van der Waals surface area (Å²) in [7, 11) is 0. The average molecular weight is 809 g/mol. The molecule has 1 aliphatic heterocycles. The quantitative estimate of drug-likeness (QED) is 0.0270. The van der Waals surface area contributed by atoms with Crippen LogP contribution in [0.1, 0.15) is 194 Å². The van der Waals surface area contributed by atoms with Crippen molar-refractivity contribution in [2.24, 2.45) is 0 Å². The van der Waals surface area contributed by atoms with Gasteiger partial charge in [-0.05, 0) is 44.9 Å². The van der Waals surface area contributed by atoms with Crippen molar-refractivity contribution in [2.75, 3.05) is 19.8 Å². The molecule has 0 bridgehead atoms. The molecule has 0 amide bonds. The van der Waals surface area contributed by atoms with Crippen molar-refractivity contribution in [3.63, 3.8) is 0 Å². The van der Waals surface area contributed by atoms with Crippen LogP contribution in [0, 0.1) is 0 Å². The zero-order valence-electron chi connectivity index (χ0n) is 36.1. The van der Waals surface area contributed by atoms with Crippen LogP contribution in [-0.4, -0.2) is 89.0 Å². The van der Waals surface area contributed by atoms with E-state index in [0.717, 1.165) is 70.6 Å². The molecule has 6 atom stereocenters. The van der Waals surface area contributed by atoms with Gasteiger partial charge >= 0.3 is 11.9 Å². The third-order valence-electron chi connectivity index (χ3n) is 10.5. The van der Waals surface area contributed by atoms with Crippen molar-refractivity contribution in [3.8, 4) is 0 Å². The second-order valence-electron chi connectivity index (χ2n) is 15.8. The highest BCUT2D eigenvalue weighted by Crippen LogP contribution is 2.23. The number of aliphatic hydroxyl groups is 4. The average Bonchev–Trinajstić information content (AvgIpc) is 3.21. The second kappa shape index (κ2) is 38.1. The molecule has 0 unspecified atom stereocenters. The molecule has 0 radical (unpaired) electrons. The van der Waals surface area contributed by atoms with Gasteiger partial charge in [-0.1, -0.05) is 172 Å². The molecule has 4 N–H and O–H groups in total. The zero-order valence-corrected chi connectivity index (χ0v) is 36.1. The van der Waals surface area contributed by atoms with Gasteiger partial charge in [-0.15, -0.1) is 0 Å². The van der Waals surface area contributed by atoms with Gasteiger partial charge in [0.1, 0.15) is 31.0 Å². The molecule has 10 nitrogen and oxygen atoms in total. The first-order valence-corrected chi connectivity index (χ1v) is 23.1. The van der Waals surface area contributed by atoms with E-state index in [1.54, 1.807) is 0 Å². The van der Waals surface area contributed by atoms with Crippen molar-refractivity contribution >= 4 is 11.9 Å². The molecule has 0 aromatic carbocycles. The Morgan fingerprint density at radius 3 is 1.56 bits per heavy atom. The Labute approximate surface area is 346 Å². The number of allylic oxidation sites excluding steroid dienone is 6. The van der Waals surface area contributed by atoms with E-state index in [2.05, 4.69) is 50.3 Å². The number of rotatable bonds is 38. The summed E-state index contributed by atoms with van der Waals surface area (Å²) in [5.41, 5.74) is 0. The molecule has 1 heterocycles. The van der Waals surface area contributed by atoms with E-state index < -0.39 is 49.4 Å². The molecule has 1 rings (SSSR count). The van der Waals surface area contributed by atoms with E-state index in [4.69, 9.17) is 18.9 Å². The largest absolute Gasteiger partial charge is 0.462 e. The lowest BCUT2D eigenvalue weighted by molar-refractivity contribution is -0.305. The molecule has 0 aliphatic carbocycles. The maximum absolute atomic E-state index is 12.8. The van der Waals surface area contributed by atoms with E-state index in [1.165, 1.54) is 89.9 Å². The predicted octanol–water partition coefficient (Wildman–Crippen LogP) is 9.89. The number of esters is 2. The molecule has 0 spiro atoms. The Kier molecular flexibility index (Phi) is 35.4. The van der Waals surface area contributed by atoms with Crippen molar-refractivity contribution < 1.29 is 49.0 Å². The van der Waals surface area contributed by atoms with Gasteiger partial charge < -0.3 is 39.4 Å². The monoisotopic (exact) mass is 809 g/mol. The highest BCUT2D eigenvalue weighted by molar-refractivity contribution is 5.70. The van der Waals surface area contributed by atoms with E-state index in [0.29, 0.717) is 6.42 Å². The normalized spacial score (nSPS) is 20.6. The predicted molar refractivity (Wildman–Crippen MR) is 229 cm³/mol. The number of aliphatic hydroxyl groups excluding tert-OH is 4. The third-order valence-corrected chi connectivity index (χ3v) is 10.5. The van der Waals surface area contributed by atoms with Crippen LogP contribution in [0.2, 0.25) is 0 Å². The number of hydrogen-bond acceptors (Lipinski definition) is 10. The van der Waals surface area contributed by atoms with Gasteiger partial charge in [0.15, 0.2) is 12.4 Å². The molecular formula is C47H84O10. The molecule has 57 heavy (non-hydrogen) atoms. The zero-order chi connectivity index (χ0) is 41.6. The van der Waals surface area contributed by atoms with Crippen molar-refractivity contribution in [1.29, 1.82) is 0 Å². The Hall–Kier alpha value is -2.08. The highest BCUT2D eigenvalue weighted by Gasteiger charge is 2.44. The number of hydrogen-bond donors (Lipinski definition) is 4. The lowest BCUT2D eigenvalue weighted by atomic mass is 9.99. The van der Waals surface area contributed by atoms with Crippen molar-refractivity contribution in [2.45, 2.75) is 230 Å². The molecule has 0 aromatic rings. The van der Waals surface area contributed by atoms with Gasteiger partial charge in [-0.2, -0.15) is 0 Å². The summed E-state index contributed by atoms with van der Waals surface area (Å²) in [6.07, 6.45) is 35.8.